The average Bonchev–Trinajstić information content (AvgIpc) is 2.67. The Hall–Kier alpha value is -2.73. The molecule has 1 atom stereocenters. The van der Waals surface area contributed by atoms with E-state index in [4.69, 9.17) is 0 Å². The second kappa shape index (κ2) is 9.83. The number of hydrogen-bond donors (Lipinski definition) is 2. The minimum absolute atomic E-state index is 0.0457. The van der Waals surface area contributed by atoms with Crippen LogP contribution in [0.25, 0.3) is 0 Å². The van der Waals surface area contributed by atoms with E-state index in [2.05, 4.69) is 15.4 Å². The normalized spacial score (nSPS) is 11.9. The number of rotatable bonds is 8. The summed E-state index contributed by atoms with van der Waals surface area (Å²) in [4.78, 5) is 23.6. The third kappa shape index (κ3) is 6.18. The number of nitrogens with one attached hydrogen (secondary N) is 2. The molecule has 2 rings (SSSR count). The molecule has 1 amide bonds. The van der Waals surface area contributed by atoms with Gasteiger partial charge in [-0.25, -0.2) is 9.18 Å². The fourth-order valence-electron chi connectivity index (χ4n) is 2.75. The highest BCUT2D eigenvalue weighted by Crippen LogP contribution is 2.21. The van der Waals surface area contributed by atoms with E-state index in [1.54, 1.807) is 36.4 Å². The van der Waals surface area contributed by atoms with E-state index >= 15 is 0 Å². The lowest BCUT2D eigenvalue weighted by molar-refractivity contribution is -0.120. The van der Waals surface area contributed by atoms with Gasteiger partial charge in [-0.05, 0) is 41.3 Å². The SMILES string of the molecule is COC(=O)c1ccc(CNC(=O)CN[C@@H](c2ccc(F)cc2)C(C)C)cc1. The van der Waals surface area contributed by atoms with Crippen LogP contribution < -0.4 is 10.6 Å². The molecule has 0 saturated heterocycles. The van der Waals surface area contributed by atoms with Gasteiger partial charge in [-0.15, -0.1) is 0 Å². The van der Waals surface area contributed by atoms with Crippen molar-refractivity contribution < 1.29 is 18.7 Å². The molecule has 0 aliphatic heterocycles. The summed E-state index contributed by atoms with van der Waals surface area (Å²) < 4.78 is 17.8. The molecule has 6 heteroatoms. The Kier molecular flexibility index (Phi) is 7.49. The van der Waals surface area contributed by atoms with Crippen molar-refractivity contribution in [3.63, 3.8) is 0 Å². The zero-order valence-electron chi connectivity index (χ0n) is 15.8. The summed E-state index contributed by atoms with van der Waals surface area (Å²) in [5, 5.41) is 6.07. The van der Waals surface area contributed by atoms with Crippen molar-refractivity contribution in [3.05, 3.63) is 71.0 Å². The van der Waals surface area contributed by atoms with Crippen molar-refractivity contribution in [2.24, 2.45) is 5.92 Å². The lowest BCUT2D eigenvalue weighted by Crippen LogP contribution is -2.37. The van der Waals surface area contributed by atoms with Crippen LogP contribution in [0.4, 0.5) is 4.39 Å². The van der Waals surface area contributed by atoms with Crippen molar-refractivity contribution in [2.45, 2.75) is 26.4 Å². The number of esters is 1. The van der Waals surface area contributed by atoms with E-state index in [-0.39, 0.29) is 30.2 Å². The maximum atomic E-state index is 13.1. The number of carbonyl (C=O) groups excluding carboxylic acids is 2. The molecule has 0 bridgehead atoms. The fourth-order valence-corrected chi connectivity index (χ4v) is 2.75. The van der Waals surface area contributed by atoms with E-state index in [0.717, 1.165) is 11.1 Å². The number of hydrogen-bond acceptors (Lipinski definition) is 4. The van der Waals surface area contributed by atoms with E-state index < -0.39 is 5.97 Å². The summed E-state index contributed by atoms with van der Waals surface area (Å²) >= 11 is 0. The molecule has 0 saturated carbocycles. The molecule has 2 N–H and O–H groups in total. The summed E-state index contributed by atoms with van der Waals surface area (Å²) in [6.45, 7) is 4.61. The molecule has 0 heterocycles. The van der Waals surface area contributed by atoms with Crippen LogP contribution in [0.1, 0.15) is 41.4 Å². The number of benzene rings is 2. The van der Waals surface area contributed by atoms with Crippen molar-refractivity contribution >= 4 is 11.9 Å². The zero-order valence-corrected chi connectivity index (χ0v) is 15.8. The third-order valence-corrected chi connectivity index (χ3v) is 4.24. The zero-order chi connectivity index (χ0) is 19.8. The molecule has 5 nitrogen and oxygen atoms in total. The number of ether oxygens (including phenoxy) is 1. The molecular formula is C21H25FN2O3. The molecule has 0 aromatic heterocycles. The van der Waals surface area contributed by atoms with Crippen LogP contribution in [0.15, 0.2) is 48.5 Å². The summed E-state index contributed by atoms with van der Waals surface area (Å²) in [6.07, 6.45) is 0. The molecule has 0 aliphatic carbocycles. The van der Waals surface area contributed by atoms with E-state index in [1.807, 2.05) is 13.8 Å². The molecule has 2 aromatic rings. The Bertz CT molecular complexity index is 758. The molecule has 2 aromatic carbocycles. The molecule has 0 aliphatic rings. The molecule has 0 unspecified atom stereocenters. The molecule has 0 spiro atoms. The van der Waals surface area contributed by atoms with Crippen LogP contribution in [0.3, 0.4) is 0 Å². The predicted octanol–water partition coefficient (Wildman–Crippen LogP) is 3.22. The van der Waals surface area contributed by atoms with Gasteiger partial charge in [0.15, 0.2) is 0 Å². The molecular weight excluding hydrogens is 347 g/mol. The Labute approximate surface area is 158 Å². The van der Waals surface area contributed by atoms with Gasteiger partial charge in [0.1, 0.15) is 5.82 Å². The van der Waals surface area contributed by atoms with Gasteiger partial charge in [-0.3, -0.25) is 4.79 Å². The largest absolute Gasteiger partial charge is 0.465 e. The van der Waals surface area contributed by atoms with Crippen LogP contribution in [-0.4, -0.2) is 25.5 Å². The van der Waals surface area contributed by atoms with E-state index in [0.29, 0.717) is 12.1 Å². The van der Waals surface area contributed by atoms with Gasteiger partial charge in [-0.1, -0.05) is 38.1 Å². The van der Waals surface area contributed by atoms with Gasteiger partial charge in [0.05, 0.1) is 19.2 Å². The average molecular weight is 372 g/mol. The number of carbonyl (C=O) groups is 2. The first kappa shape index (κ1) is 20.6. The monoisotopic (exact) mass is 372 g/mol. The highest BCUT2D eigenvalue weighted by atomic mass is 19.1. The number of halogens is 1. The second-order valence-corrected chi connectivity index (χ2v) is 6.62. The predicted molar refractivity (Wildman–Crippen MR) is 102 cm³/mol. The molecule has 27 heavy (non-hydrogen) atoms. The van der Waals surface area contributed by atoms with E-state index in [1.165, 1.54) is 19.2 Å². The Balaban J connectivity index is 1.85. The first-order chi connectivity index (χ1) is 12.9. The van der Waals surface area contributed by atoms with Gasteiger partial charge in [0.25, 0.3) is 0 Å². The number of methoxy groups -OCH3 is 1. The summed E-state index contributed by atoms with van der Waals surface area (Å²) in [7, 11) is 1.33. The summed E-state index contributed by atoms with van der Waals surface area (Å²) in [6, 6.07) is 13.1. The Morgan fingerprint density at radius 3 is 2.22 bits per heavy atom. The highest BCUT2D eigenvalue weighted by Gasteiger charge is 2.16. The standard InChI is InChI=1S/C21H25FN2O3/c1-14(2)20(16-8-10-18(22)11-9-16)24-13-19(25)23-12-15-4-6-17(7-5-15)21(26)27-3/h4-11,14,20,24H,12-13H2,1-3H3,(H,23,25)/t20-/m1/s1. The topological polar surface area (TPSA) is 67.4 Å². The van der Waals surface area contributed by atoms with E-state index in [9.17, 15) is 14.0 Å². The first-order valence-corrected chi connectivity index (χ1v) is 8.83. The second-order valence-electron chi connectivity index (χ2n) is 6.62. The summed E-state index contributed by atoms with van der Waals surface area (Å²) in [5.41, 5.74) is 2.29. The molecule has 0 fully saturated rings. The van der Waals surface area contributed by atoms with Crippen LogP contribution >= 0.6 is 0 Å². The van der Waals surface area contributed by atoms with Gasteiger partial charge < -0.3 is 15.4 Å². The van der Waals surface area contributed by atoms with Gasteiger partial charge in [0, 0.05) is 12.6 Å². The first-order valence-electron chi connectivity index (χ1n) is 8.83. The smallest absolute Gasteiger partial charge is 0.337 e. The van der Waals surface area contributed by atoms with Crippen molar-refractivity contribution in [1.82, 2.24) is 10.6 Å². The maximum Gasteiger partial charge on any atom is 0.337 e. The van der Waals surface area contributed by atoms with Crippen molar-refractivity contribution in [1.29, 1.82) is 0 Å². The highest BCUT2D eigenvalue weighted by molar-refractivity contribution is 5.89. The van der Waals surface area contributed by atoms with Crippen LogP contribution in [0.5, 0.6) is 0 Å². The van der Waals surface area contributed by atoms with Gasteiger partial charge in [-0.2, -0.15) is 0 Å². The van der Waals surface area contributed by atoms with Crippen LogP contribution in [-0.2, 0) is 16.1 Å². The van der Waals surface area contributed by atoms with Crippen molar-refractivity contribution in [3.8, 4) is 0 Å². The van der Waals surface area contributed by atoms with Crippen LogP contribution in [0.2, 0.25) is 0 Å². The quantitative estimate of drug-likeness (QED) is 0.698. The fraction of sp³-hybridized carbons (Fsp3) is 0.333. The van der Waals surface area contributed by atoms with Crippen LogP contribution in [0, 0.1) is 11.7 Å². The lowest BCUT2D eigenvalue weighted by atomic mass is 9.96. The Morgan fingerprint density at radius 2 is 1.67 bits per heavy atom. The molecule has 0 radical (unpaired) electrons. The Morgan fingerprint density at radius 1 is 1.04 bits per heavy atom. The lowest BCUT2D eigenvalue weighted by Gasteiger charge is -2.22. The minimum atomic E-state index is -0.393. The maximum absolute atomic E-state index is 13.1. The molecule has 144 valence electrons. The van der Waals surface area contributed by atoms with Gasteiger partial charge >= 0.3 is 5.97 Å². The third-order valence-electron chi connectivity index (χ3n) is 4.24. The van der Waals surface area contributed by atoms with Gasteiger partial charge in [0.2, 0.25) is 5.91 Å². The summed E-state index contributed by atoms with van der Waals surface area (Å²) in [5.74, 6) is -0.568. The number of amides is 1. The van der Waals surface area contributed by atoms with Crippen molar-refractivity contribution in [2.75, 3.05) is 13.7 Å². The minimum Gasteiger partial charge on any atom is -0.465 e.